The number of hydrogen-bond donors (Lipinski definition) is 2. The van der Waals surface area contributed by atoms with Crippen molar-refractivity contribution in [2.24, 2.45) is 0 Å². The molecule has 1 aromatic carbocycles. The summed E-state index contributed by atoms with van der Waals surface area (Å²) >= 11 is 4.35. The van der Waals surface area contributed by atoms with Gasteiger partial charge in [0.1, 0.15) is 11.4 Å². The number of benzene rings is 1. The molecule has 1 heterocycles. The summed E-state index contributed by atoms with van der Waals surface area (Å²) in [5.41, 5.74) is -0.247. The highest BCUT2D eigenvalue weighted by Gasteiger charge is 2.16. The third-order valence-corrected chi connectivity index (χ3v) is 3.77. The number of carboxylic acid groups (broad SMARTS) is 1. The highest BCUT2D eigenvalue weighted by atomic mass is 32.1. The second-order valence-corrected chi connectivity index (χ2v) is 5.16. The summed E-state index contributed by atoms with van der Waals surface area (Å²) in [7, 11) is 0. The van der Waals surface area contributed by atoms with E-state index in [0.717, 1.165) is 0 Å². The summed E-state index contributed by atoms with van der Waals surface area (Å²) in [5, 5.41) is 8.91. The van der Waals surface area contributed by atoms with Gasteiger partial charge in [-0.15, -0.1) is 0 Å². The van der Waals surface area contributed by atoms with Crippen molar-refractivity contribution in [3.8, 4) is 11.1 Å². The lowest BCUT2D eigenvalue weighted by Crippen LogP contribution is -2.20. The number of thiol groups is 1. The molecule has 0 aliphatic carbocycles. The average molecular weight is 307 g/mol. The third kappa shape index (κ3) is 3.16. The Kier molecular flexibility index (Phi) is 4.47. The number of aromatic nitrogens is 1. The summed E-state index contributed by atoms with van der Waals surface area (Å²) < 4.78 is 14.6. The van der Waals surface area contributed by atoms with Crippen LogP contribution < -0.4 is 5.43 Å². The van der Waals surface area contributed by atoms with Crippen LogP contribution in [0.3, 0.4) is 0 Å². The summed E-state index contributed by atoms with van der Waals surface area (Å²) in [5.74, 6) is -1.72. The first-order chi connectivity index (χ1) is 9.93. The lowest BCUT2D eigenvalue weighted by atomic mass is 10.0. The Balaban J connectivity index is 2.69. The van der Waals surface area contributed by atoms with Crippen molar-refractivity contribution >= 4 is 18.6 Å². The number of aromatic carboxylic acids is 1. The van der Waals surface area contributed by atoms with Gasteiger partial charge >= 0.3 is 5.97 Å². The van der Waals surface area contributed by atoms with Crippen LogP contribution in [-0.2, 0) is 0 Å². The van der Waals surface area contributed by atoms with Crippen molar-refractivity contribution in [3.05, 3.63) is 58.3 Å². The van der Waals surface area contributed by atoms with E-state index in [-0.39, 0.29) is 16.5 Å². The van der Waals surface area contributed by atoms with E-state index in [1.54, 1.807) is 10.8 Å². The van der Waals surface area contributed by atoms with Crippen molar-refractivity contribution in [1.82, 2.24) is 4.57 Å². The highest BCUT2D eigenvalue weighted by molar-refractivity contribution is 7.80. The molecule has 0 saturated heterocycles. The maximum atomic E-state index is 13.0. The van der Waals surface area contributed by atoms with Gasteiger partial charge in [-0.3, -0.25) is 4.79 Å². The van der Waals surface area contributed by atoms with E-state index in [4.69, 9.17) is 5.11 Å². The molecule has 0 aliphatic heterocycles. The van der Waals surface area contributed by atoms with Gasteiger partial charge in [-0.25, -0.2) is 9.18 Å². The predicted octanol–water partition coefficient (Wildman–Crippen LogP) is 3.19. The van der Waals surface area contributed by atoms with Crippen molar-refractivity contribution < 1.29 is 14.3 Å². The third-order valence-electron chi connectivity index (χ3n) is 3.14. The maximum absolute atomic E-state index is 13.0. The number of carbonyl (C=O) groups is 1. The van der Waals surface area contributed by atoms with E-state index in [9.17, 15) is 14.0 Å². The minimum atomic E-state index is -1.30. The van der Waals surface area contributed by atoms with Gasteiger partial charge in [0, 0.05) is 18.0 Å². The number of pyridine rings is 1. The molecule has 0 amide bonds. The van der Waals surface area contributed by atoms with E-state index in [1.165, 1.54) is 30.5 Å². The van der Waals surface area contributed by atoms with Crippen LogP contribution in [0.15, 0.2) is 41.5 Å². The van der Waals surface area contributed by atoms with E-state index in [1.807, 2.05) is 6.92 Å². The van der Waals surface area contributed by atoms with E-state index < -0.39 is 17.2 Å². The first-order valence-corrected chi connectivity index (χ1v) is 6.88. The summed E-state index contributed by atoms with van der Waals surface area (Å²) in [4.78, 5) is 23.5. The van der Waals surface area contributed by atoms with Gasteiger partial charge in [-0.2, -0.15) is 12.6 Å². The number of rotatable bonds is 4. The number of nitrogens with zero attached hydrogens (tertiary/aromatic N) is 1. The first-order valence-electron chi connectivity index (χ1n) is 6.37. The quantitative estimate of drug-likeness (QED) is 0.853. The molecule has 110 valence electrons. The van der Waals surface area contributed by atoms with E-state index in [2.05, 4.69) is 12.6 Å². The molecule has 0 fully saturated rings. The number of hydrogen-bond acceptors (Lipinski definition) is 3. The minimum Gasteiger partial charge on any atom is -0.477 e. The Hall–Kier alpha value is -2.08. The highest BCUT2D eigenvalue weighted by Crippen LogP contribution is 2.21. The molecule has 0 saturated carbocycles. The van der Waals surface area contributed by atoms with Crippen LogP contribution in [0.1, 0.15) is 29.1 Å². The van der Waals surface area contributed by atoms with Crippen LogP contribution in [0.5, 0.6) is 0 Å². The van der Waals surface area contributed by atoms with Crippen LogP contribution >= 0.6 is 12.6 Å². The molecule has 1 atom stereocenters. The summed E-state index contributed by atoms with van der Waals surface area (Å²) in [6.07, 6.45) is 3.48. The van der Waals surface area contributed by atoms with Gasteiger partial charge in [0.25, 0.3) is 0 Å². The van der Waals surface area contributed by atoms with Gasteiger partial charge in [-0.1, -0.05) is 19.1 Å². The molecule has 21 heavy (non-hydrogen) atoms. The van der Waals surface area contributed by atoms with Crippen molar-refractivity contribution in [2.75, 3.05) is 0 Å². The summed E-state index contributed by atoms with van der Waals surface area (Å²) in [6, 6.07) is 5.35. The lowest BCUT2D eigenvalue weighted by Gasteiger charge is -2.15. The zero-order chi connectivity index (χ0) is 15.6. The molecule has 0 aliphatic rings. The average Bonchev–Trinajstić information content (AvgIpc) is 2.47. The largest absolute Gasteiger partial charge is 0.477 e. The maximum Gasteiger partial charge on any atom is 0.341 e. The first kappa shape index (κ1) is 15.3. The van der Waals surface area contributed by atoms with Gasteiger partial charge in [0.2, 0.25) is 5.43 Å². The molecule has 6 heteroatoms. The van der Waals surface area contributed by atoms with E-state index in [0.29, 0.717) is 12.0 Å². The normalized spacial score (nSPS) is 12.1. The zero-order valence-corrected chi connectivity index (χ0v) is 12.2. The second kappa shape index (κ2) is 6.13. The zero-order valence-electron chi connectivity index (χ0n) is 11.3. The van der Waals surface area contributed by atoms with Crippen LogP contribution in [0.25, 0.3) is 11.1 Å². The molecule has 2 rings (SSSR count). The van der Waals surface area contributed by atoms with Crippen LogP contribution in [0.4, 0.5) is 4.39 Å². The Labute approximate surface area is 126 Å². The molecule has 1 N–H and O–H groups in total. The van der Waals surface area contributed by atoms with Crippen LogP contribution in [-0.4, -0.2) is 15.6 Å². The molecule has 1 unspecified atom stereocenters. The molecule has 2 aromatic rings. The van der Waals surface area contributed by atoms with Crippen LogP contribution in [0, 0.1) is 5.82 Å². The molecular formula is C15H14FNO3S. The monoisotopic (exact) mass is 307 g/mol. The molecule has 0 radical (unpaired) electrons. The molecule has 0 bridgehead atoms. The fraction of sp³-hybridized carbons (Fsp3) is 0.200. The fourth-order valence-electron chi connectivity index (χ4n) is 1.97. The topological polar surface area (TPSA) is 59.3 Å². The van der Waals surface area contributed by atoms with Gasteiger partial charge < -0.3 is 9.67 Å². The SMILES string of the molecule is CCC(S)n1cc(C(=O)O)c(=O)c(-c2ccc(F)cc2)c1. The molecule has 1 aromatic heterocycles. The lowest BCUT2D eigenvalue weighted by molar-refractivity contribution is 0.0694. The Morgan fingerprint density at radius 3 is 2.48 bits per heavy atom. The second-order valence-electron chi connectivity index (χ2n) is 4.56. The van der Waals surface area contributed by atoms with Gasteiger partial charge in [0.05, 0.1) is 5.37 Å². The smallest absolute Gasteiger partial charge is 0.341 e. The fourth-order valence-corrected chi connectivity index (χ4v) is 2.10. The Morgan fingerprint density at radius 2 is 1.95 bits per heavy atom. The standard InChI is InChI=1S/C15H14FNO3S/c1-2-13(21)17-7-11(9-3-5-10(16)6-4-9)14(18)12(8-17)15(19)20/h3-8,13,21H,2H2,1H3,(H,19,20). The predicted molar refractivity (Wildman–Crippen MR) is 81.4 cm³/mol. The molecular weight excluding hydrogens is 293 g/mol. The van der Waals surface area contributed by atoms with Crippen molar-refractivity contribution in [1.29, 1.82) is 0 Å². The molecule has 0 spiro atoms. The van der Waals surface area contributed by atoms with Crippen molar-refractivity contribution in [3.63, 3.8) is 0 Å². The van der Waals surface area contributed by atoms with Crippen LogP contribution in [0.2, 0.25) is 0 Å². The number of halogens is 1. The van der Waals surface area contributed by atoms with Crippen molar-refractivity contribution in [2.45, 2.75) is 18.7 Å². The minimum absolute atomic E-state index is 0.211. The van der Waals surface area contributed by atoms with Gasteiger partial charge in [0.15, 0.2) is 0 Å². The summed E-state index contributed by atoms with van der Waals surface area (Å²) in [6.45, 7) is 1.90. The Morgan fingerprint density at radius 1 is 1.33 bits per heavy atom. The number of carboxylic acids is 1. The van der Waals surface area contributed by atoms with Gasteiger partial charge in [-0.05, 0) is 24.1 Å². The van der Waals surface area contributed by atoms with E-state index >= 15 is 0 Å². The Bertz CT molecular complexity index is 725. The molecule has 4 nitrogen and oxygen atoms in total.